The summed E-state index contributed by atoms with van der Waals surface area (Å²) in [5.74, 6) is 1.66. The minimum absolute atomic E-state index is 0.153. The Labute approximate surface area is 150 Å². The van der Waals surface area contributed by atoms with Gasteiger partial charge in [-0.2, -0.15) is 9.78 Å². The molecule has 0 fully saturated rings. The van der Waals surface area contributed by atoms with Crippen LogP contribution in [0.15, 0.2) is 46.3 Å². The minimum atomic E-state index is -0.244. The van der Waals surface area contributed by atoms with E-state index >= 15 is 0 Å². The van der Waals surface area contributed by atoms with Crippen LogP contribution in [0.25, 0.3) is 10.9 Å². The van der Waals surface area contributed by atoms with Crippen LogP contribution in [0.5, 0.6) is 11.5 Å². The molecule has 1 aliphatic rings. The number of nitrogens with zero attached hydrogens (tertiary/aromatic N) is 4. The van der Waals surface area contributed by atoms with E-state index in [-0.39, 0.29) is 12.4 Å². The molecule has 0 saturated heterocycles. The Morgan fingerprint density at radius 3 is 2.54 bits per heavy atom. The topological polar surface area (TPSA) is 69.0 Å². The molecule has 0 atom stereocenters. The van der Waals surface area contributed by atoms with Gasteiger partial charge in [0.2, 0.25) is 6.79 Å². The van der Waals surface area contributed by atoms with Crippen molar-refractivity contribution in [3.63, 3.8) is 0 Å². The Morgan fingerprint density at radius 2 is 1.85 bits per heavy atom. The Morgan fingerprint density at radius 1 is 1.15 bits per heavy atom. The van der Waals surface area contributed by atoms with Gasteiger partial charge in [-0.15, -0.1) is 0 Å². The SMILES string of the molecule is Cc1nc2cc3c(cc2c(=O)n1/N=C/c1ccc(N(C)C)cc1)OCO3. The van der Waals surface area contributed by atoms with Crippen molar-refractivity contribution in [3.05, 3.63) is 58.1 Å². The maximum atomic E-state index is 12.8. The number of rotatable bonds is 3. The van der Waals surface area contributed by atoms with E-state index < -0.39 is 0 Å². The molecule has 1 aromatic heterocycles. The normalized spacial score (nSPS) is 12.9. The number of hydrogen-bond acceptors (Lipinski definition) is 6. The Hall–Kier alpha value is -3.35. The second kappa shape index (κ2) is 6.18. The van der Waals surface area contributed by atoms with Crippen LogP contribution in [0.1, 0.15) is 11.4 Å². The smallest absolute Gasteiger partial charge is 0.282 e. The van der Waals surface area contributed by atoms with Crippen molar-refractivity contribution in [2.45, 2.75) is 6.92 Å². The highest BCUT2D eigenvalue weighted by Crippen LogP contribution is 2.34. The molecule has 2 heterocycles. The highest BCUT2D eigenvalue weighted by atomic mass is 16.7. The Balaban J connectivity index is 1.74. The molecule has 2 aromatic carbocycles. The summed E-state index contributed by atoms with van der Waals surface area (Å²) < 4.78 is 12.0. The lowest BCUT2D eigenvalue weighted by molar-refractivity contribution is 0.174. The van der Waals surface area contributed by atoms with Crippen LogP contribution >= 0.6 is 0 Å². The summed E-state index contributed by atoms with van der Waals surface area (Å²) in [7, 11) is 3.97. The van der Waals surface area contributed by atoms with E-state index in [1.165, 1.54) is 4.68 Å². The van der Waals surface area contributed by atoms with Crippen LogP contribution in [-0.4, -0.2) is 36.8 Å². The van der Waals surface area contributed by atoms with E-state index in [2.05, 4.69) is 10.1 Å². The van der Waals surface area contributed by atoms with Crippen LogP contribution in [0.4, 0.5) is 5.69 Å². The number of ether oxygens (including phenoxy) is 2. The van der Waals surface area contributed by atoms with E-state index in [1.807, 2.05) is 43.3 Å². The van der Waals surface area contributed by atoms with Gasteiger partial charge in [-0.1, -0.05) is 12.1 Å². The predicted molar refractivity (Wildman–Crippen MR) is 101 cm³/mol. The van der Waals surface area contributed by atoms with Crippen molar-refractivity contribution in [2.24, 2.45) is 5.10 Å². The zero-order chi connectivity index (χ0) is 18.3. The van der Waals surface area contributed by atoms with Crippen LogP contribution in [0.2, 0.25) is 0 Å². The fourth-order valence-electron chi connectivity index (χ4n) is 2.80. The fourth-order valence-corrected chi connectivity index (χ4v) is 2.80. The van der Waals surface area contributed by atoms with Gasteiger partial charge in [0.05, 0.1) is 17.1 Å². The molecule has 0 spiro atoms. The molecule has 0 bridgehead atoms. The van der Waals surface area contributed by atoms with Gasteiger partial charge in [-0.05, 0) is 30.7 Å². The quantitative estimate of drug-likeness (QED) is 0.679. The van der Waals surface area contributed by atoms with Gasteiger partial charge in [0.25, 0.3) is 5.56 Å². The molecule has 0 unspecified atom stereocenters. The molecule has 26 heavy (non-hydrogen) atoms. The number of aromatic nitrogens is 2. The van der Waals surface area contributed by atoms with Gasteiger partial charge in [0, 0.05) is 25.8 Å². The van der Waals surface area contributed by atoms with E-state index in [1.54, 1.807) is 25.3 Å². The van der Waals surface area contributed by atoms with Crippen LogP contribution in [0, 0.1) is 6.92 Å². The second-order valence-electron chi connectivity index (χ2n) is 6.23. The number of fused-ring (bicyclic) bond motifs is 2. The lowest BCUT2D eigenvalue weighted by Gasteiger charge is -2.11. The van der Waals surface area contributed by atoms with Gasteiger partial charge in [0.15, 0.2) is 11.5 Å². The van der Waals surface area contributed by atoms with Gasteiger partial charge in [0.1, 0.15) is 5.82 Å². The van der Waals surface area contributed by atoms with Crippen molar-refractivity contribution in [1.82, 2.24) is 9.66 Å². The highest BCUT2D eigenvalue weighted by molar-refractivity contribution is 5.83. The predicted octanol–water partition coefficient (Wildman–Crippen LogP) is 2.38. The van der Waals surface area contributed by atoms with E-state index in [0.29, 0.717) is 28.2 Å². The molecule has 0 N–H and O–H groups in total. The third-order valence-corrected chi connectivity index (χ3v) is 4.23. The molecule has 0 radical (unpaired) electrons. The molecule has 7 heteroatoms. The van der Waals surface area contributed by atoms with E-state index in [4.69, 9.17) is 9.47 Å². The van der Waals surface area contributed by atoms with E-state index in [9.17, 15) is 4.79 Å². The molecule has 3 aromatic rings. The zero-order valence-electron chi connectivity index (χ0n) is 14.8. The molecule has 0 amide bonds. The van der Waals surface area contributed by atoms with Crippen molar-refractivity contribution >= 4 is 22.8 Å². The van der Waals surface area contributed by atoms with Crippen molar-refractivity contribution < 1.29 is 9.47 Å². The average molecular weight is 350 g/mol. The summed E-state index contributed by atoms with van der Waals surface area (Å²) in [5, 5.41) is 4.77. The van der Waals surface area contributed by atoms with Gasteiger partial charge >= 0.3 is 0 Å². The van der Waals surface area contributed by atoms with Gasteiger partial charge < -0.3 is 14.4 Å². The highest BCUT2D eigenvalue weighted by Gasteiger charge is 2.17. The van der Waals surface area contributed by atoms with Crippen LogP contribution < -0.4 is 19.9 Å². The van der Waals surface area contributed by atoms with Crippen LogP contribution in [-0.2, 0) is 0 Å². The summed E-state index contributed by atoms with van der Waals surface area (Å²) in [6.45, 7) is 1.90. The largest absolute Gasteiger partial charge is 0.454 e. The third-order valence-electron chi connectivity index (χ3n) is 4.23. The maximum absolute atomic E-state index is 12.8. The van der Waals surface area contributed by atoms with Crippen LogP contribution in [0.3, 0.4) is 0 Å². The molecule has 132 valence electrons. The summed E-state index contributed by atoms with van der Waals surface area (Å²) in [6.07, 6.45) is 1.65. The summed E-state index contributed by atoms with van der Waals surface area (Å²) in [4.78, 5) is 19.3. The number of hydrogen-bond donors (Lipinski definition) is 0. The molecular weight excluding hydrogens is 332 g/mol. The molecule has 7 nitrogen and oxygen atoms in total. The second-order valence-corrected chi connectivity index (χ2v) is 6.23. The van der Waals surface area contributed by atoms with Crippen molar-refractivity contribution in [2.75, 3.05) is 25.8 Å². The molecular formula is C19H18N4O3. The van der Waals surface area contributed by atoms with Crippen molar-refractivity contribution in [3.8, 4) is 11.5 Å². The lowest BCUT2D eigenvalue weighted by atomic mass is 10.2. The average Bonchev–Trinajstić information content (AvgIpc) is 3.08. The first-order chi connectivity index (χ1) is 12.5. The van der Waals surface area contributed by atoms with E-state index in [0.717, 1.165) is 11.3 Å². The Kier molecular flexibility index (Phi) is 3.84. The summed E-state index contributed by atoms with van der Waals surface area (Å²) in [6, 6.07) is 11.3. The summed E-state index contributed by atoms with van der Waals surface area (Å²) in [5.41, 5.74) is 2.32. The number of anilines is 1. The monoisotopic (exact) mass is 350 g/mol. The number of aryl methyl sites for hydroxylation is 1. The Bertz CT molecular complexity index is 1070. The van der Waals surface area contributed by atoms with Gasteiger partial charge in [-0.25, -0.2) is 4.98 Å². The zero-order valence-corrected chi connectivity index (χ0v) is 14.8. The first-order valence-corrected chi connectivity index (χ1v) is 8.18. The molecule has 0 aliphatic carbocycles. The minimum Gasteiger partial charge on any atom is -0.454 e. The standard InChI is InChI=1S/C19H18N4O3/c1-12-21-16-9-18-17(25-11-26-18)8-15(16)19(24)23(12)20-10-13-4-6-14(7-5-13)22(2)3/h4-10H,11H2,1-3H3/b20-10+. The van der Waals surface area contributed by atoms with Gasteiger partial charge in [-0.3, -0.25) is 4.79 Å². The number of benzene rings is 2. The third kappa shape index (κ3) is 2.77. The molecule has 0 saturated carbocycles. The lowest BCUT2D eigenvalue weighted by Crippen LogP contribution is -2.20. The van der Waals surface area contributed by atoms with Crippen molar-refractivity contribution in [1.29, 1.82) is 0 Å². The first-order valence-electron chi connectivity index (χ1n) is 8.18. The summed E-state index contributed by atoms with van der Waals surface area (Å²) >= 11 is 0. The molecule has 1 aliphatic heterocycles. The maximum Gasteiger partial charge on any atom is 0.282 e. The first kappa shape index (κ1) is 16.1. The molecule has 4 rings (SSSR count). The fraction of sp³-hybridized carbons (Fsp3) is 0.211.